The number of hydrogen-bond acceptors (Lipinski definition) is 4. The summed E-state index contributed by atoms with van der Waals surface area (Å²) >= 11 is 0. The van der Waals surface area contributed by atoms with Gasteiger partial charge in [-0.05, 0) is 24.1 Å². The number of likely N-dealkylation sites (tertiary alicyclic amines) is 2. The third kappa shape index (κ3) is 3.19. The van der Waals surface area contributed by atoms with Gasteiger partial charge in [-0.2, -0.15) is 0 Å². The average molecular weight is 388 g/mol. The van der Waals surface area contributed by atoms with Crippen LogP contribution < -0.4 is 10.2 Å². The number of hydrogen-bond donors (Lipinski definition) is 1. The van der Waals surface area contributed by atoms with Gasteiger partial charge >= 0.3 is 6.03 Å². The molecule has 0 aromatic heterocycles. The van der Waals surface area contributed by atoms with Crippen LogP contribution in [0.3, 0.4) is 0 Å². The molecule has 2 atom stereocenters. The number of carbonyl (C=O) groups is 2. The smallest absolute Gasteiger partial charge is 0.320 e. The van der Waals surface area contributed by atoms with Crippen LogP contribution in [0.2, 0.25) is 0 Å². The van der Waals surface area contributed by atoms with Crippen LogP contribution in [0.25, 0.3) is 0 Å². The van der Waals surface area contributed by atoms with Crippen molar-refractivity contribution < 1.29 is 18.7 Å². The molecule has 1 aromatic rings. The number of alkyl halides is 1. The molecule has 1 N–H and O–H groups in total. The molecule has 4 saturated heterocycles. The molecule has 8 heteroatoms. The highest BCUT2D eigenvalue weighted by atomic mass is 19.1. The molecule has 0 spiro atoms. The fourth-order valence-electron chi connectivity index (χ4n) is 4.51. The summed E-state index contributed by atoms with van der Waals surface area (Å²) in [6, 6.07) is 8.21. The molecule has 4 aliphatic heterocycles. The number of rotatable bonds is 2. The van der Waals surface area contributed by atoms with E-state index in [2.05, 4.69) is 17.4 Å². The lowest BCUT2D eigenvalue weighted by Gasteiger charge is -2.46. The van der Waals surface area contributed by atoms with Crippen molar-refractivity contribution >= 4 is 17.6 Å². The summed E-state index contributed by atoms with van der Waals surface area (Å²) in [5.74, 6) is 0.238. The Morgan fingerprint density at radius 2 is 1.82 bits per heavy atom. The number of piperidine rings is 1. The highest BCUT2D eigenvalue weighted by Gasteiger charge is 2.40. The Hall–Kier alpha value is -2.35. The summed E-state index contributed by atoms with van der Waals surface area (Å²) in [6.07, 6.45) is 0.0685. The van der Waals surface area contributed by atoms with Gasteiger partial charge in [0.05, 0.1) is 25.2 Å². The number of anilines is 1. The Balaban J connectivity index is 1.13. The average Bonchev–Trinajstić information content (AvgIpc) is 2.64. The number of fused-ring (bicyclic) bond motifs is 1. The van der Waals surface area contributed by atoms with E-state index in [4.69, 9.17) is 4.74 Å². The summed E-state index contributed by atoms with van der Waals surface area (Å²) < 4.78 is 18.6. The molecule has 28 heavy (non-hydrogen) atoms. The van der Waals surface area contributed by atoms with Crippen molar-refractivity contribution in [1.29, 1.82) is 0 Å². The van der Waals surface area contributed by atoms with Gasteiger partial charge in [-0.15, -0.1) is 0 Å². The molecular formula is C20H25FN4O3. The van der Waals surface area contributed by atoms with Gasteiger partial charge in [0.15, 0.2) is 0 Å². The number of benzene rings is 1. The number of amides is 3. The number of nitrogens with zero attached hydrogens (tertiary/aromatic N) is 3. The first kappa shape index (κ1) is 17.7. The predicted molar refractivity (Wildman–Crippen MR) is 101 cm³/mol. The van der Waals surface area contributed by atoms with Crippen LogP contribution in [0.4, 0.5) is 14.9 Å². The van der Waals surface area contributed by atoms with Crippen molar-refractivity contribution in [3.05, 3.63) is 29.8 Å². The van der Waals surface area contributed by atoms with E-state index in [9.17, 15) is 14.0 Å². The number of ether oxygens (including phenoxy) is 1. The second-order valence-electron chi connectivity index (χ2n) is 8.24. The summed E-state index contributed by atoms with van der Waals surface area (Å²) in [7, 11) is 0. The quantitative estimate of drug-likeness (QED) is 0.820. The molecule has 0 bridgehead atoms. The third-order valence-corrected chi connectivity index (χ3v) is 6.31. The van der Waals surface area contributed by atoms with E-state index >= 15 is 0 Å². The molecule has 1 aromatic carbocycles. The molecule has 3 amide bonds. The zero-order valence-electron chi connectivity index (χ0n) is 15.7. The van der Waals surface area contributed by atoms with Gasteiger partial charge in [0.1, 0.15) is 12.8 Å². The molecule has 0 radical (unpaired) electrons. The normalized spacial score (nSPS) is 28.3. The van der Waals surface area contributed by atoms with E-state index in [0.717, 1.165) is 12.1 Å². The van der Waals surface area contributed by atoms with Gasteiger partial charge in [-0.1, -0.05) is 12.1 Å². The number of halogens is 1. The number of urea groups is 1. The Kier molecular flexibility index (Phi) is 4.38. The summed E-state index contributed by atoms with van der Waals surface area (Å²) in [5.41, 5.74) is 2.28. The second kappa shape index (κ2) is 6.92. The summed E-state index contributed by atoms with van der Waals surface area (Å²) in [6.45, 7) is 3.67. The Morgan fingerprint density at radius 3 is 2.54 bits per heavy atom. The van der Waals surface area contributed by atoms with Gasteiger partial charge in [0.25, 0.3) is 0 Å². The summed E-state index contributed by atoms with van der Waals surface area (Å²) in [4.78, 5) is 30.0. The number of carbonyl (C=O) groups excluding carboxylic acids is 2. The van der Waals surface area contributed by atoms with Crippen molar-refractivity contribution in [2.45, 2.75) is 30.7 Å². The van der Waals surface area contributed by atoms with Crippen LogP contribution in [0.15, 0.2) is 24.3 Å². The zero-order chi connectivity index (χ0) is 19.3. The number of morpholine rings is 1. The number of nitrogens with one attached hydrogen (secondary N) is 1. The second-order valence-corrected chi connectivity index (χ2v) is 8.24. The van der Waals surface area contributed by atoms with E-state index in [-0.39, 0.29) is 30.7 Å². The van der Waals surface area contributed by atoms with Crippen LogP contribution >= 0.6 is 0 Å². The van der Waals surface area contributed by atoms with Crippen LogP contribution in [0.5, 0.6) is 0 Å². The van der Waals surface area contributed by atoms with E-state index in [1.165, 1.54) is 5.56 Å². The first-order valence-corrected chi connectivity index (χ1v) is 10.0. The van der Waals surface area contributed by atoms with Crippen molar-refractivity contribution in [2.75, 3.05) is 50.8 Å². The van der Waals surface area contributed by atoms with E-state index in [1.807, 2.05) is 26.8 Å². The van der Waals surface area contributed by atoms with Crippen molar-refractivity contribution in [3.63, 3.8) is 0 Å². The lowest BCUT2D eigenvalue weighted by atomic mass is 9.91. The highest BCUT2D eigenvalue weighted by molar-refractivity contribution is 5.79. The van der Waals surface area contributed by atoms with Crippen LogP contribution in [0, 0.1) is 0 Å². The fraction of sp³-hybridized carbons (Fsp3) is 0.600. The Labute approximate surface area is 163 Å². The third-order valence-electron chi connectivity index (χ3n) is 6.31. The van der Waals surface area contributed by atoms with Gasteiger partial charge in [-0.3, -0.25) is 4.79 Å². The first-order valence-electron chi connectivity index (χ1n) is 10.0. The van der Waals surface area contributed by atoms with Crippen molar-refractivity contribution in [2.24, 2.45) is 0 Å². The maximum absolute atomic E-state index is 13.0. The molecule has 150 valence electrons. The van der Waals surface area contributed by atoms with E-state index < -0.39 is 6.17 Å². The monoisotopic (exact) mass is 388 g/mol. The maximum Gasteiger partial charge on any atom is 0.320 e. The maximum atomic E-state index is 13.0. The Bertz CT molecular complexity index is 761. The minimum Gasteiger partial charge on any atom is -0.366 e. The van der Waals surface area contributed by atoms with Gasteiger partial charge < -0.3 is 24.8 Å². The minimum absolute atomic E-state index is 0.0171. The lowest BCUT2D eigenvalue weighted by Crippen LogP contribution is -2.63. The zero-order valence-corrected chi connectivity index (χ0v) is 15.7. The highest BCUT2D eigenvalue weighted by Crippen LogP contribution is 2.31. The largest absolute Gasteiger partial charge is 0.366 e. The van der Waals surface area contributed by atoms with Gasteiger partial charge in [0, 0.05) is 37.8 Å². The molecule has 4 aliphatic rings. The molecule has 4 fully saturated rings. The van der Waals surface area contributed by atoms with Crippen molar-refractivity contribution in [3.8, 4) is 0 Å². The van der Waals surface area contributed by atoms with Crippen LogP contribution in [-0.2, 0) is 9.53 Å². The Morgan fingerprint density at radius 1 is 1.07 bits per heavy atom. The molecule has 4 heterocycles. The lowest BCUT2D eigenvalue weighted by molar-refractivity contribution is -0.139. The van der Waals surface area contributed by atoms with Crippen LogP contribution in [0.1, 0.15) is 17.9 Å². The first-order chi connectivity index (χ1) is 13.6. The van der Waals surface area contributed by atoms with E-state index in [0.29, 0.717) is 45.2 Å². The minimum atomic E-state index is -0.704. The topological polar surface area (TPSA) is 65.1 Å². The fourth-order valence-corrected chi connectivity index (χ4v) is 4.51. The van der Waals surface area contributed by atoms with Crippen molar-refractivity contribution in [1.82, 2.24) is 15.1 Å². The molecule has 7 nitrogen and oxygen atoms in total. The summed E-state index contributed by atoms with van der Waals surface area (Å²) in [5, 5.41) is 2.94. The molecular weight excluding hydrogens is 363 g/mol. The molecule has 5 rings (SSSR count). The van der Waals surface area contributed by atoms with Crippen LogP contribution in [-0.4, -0.2) is 85.9 Å². The van der Waals surface area contributed by atoms with Gasteiger partial charge in [0.2, 0.25) is 5.91 Å². The SMILES string of the molecule is O=C1COC2CCN(C(=O)N3CC(c4ccc(N5CC(F)C5)cc4)C3)CC2N1. The standard InChI is InChI=1S/C20H25FN4O3/c21-15-9-24(10-15)16-3-1-13(2-4-16)14-7-25(8-14)20(27)23-6-5-18-17(11-23)22-19(26)12-28-18/h1-4,14-15,17-18H,5-12H2,(H,22,26). The molecule has 0 aliphatic carbocycles. The van der Waals surface area contributed by atoms with Gasteiger partial charge in [-0.25, -0.2) is 9.18 Å². The predicted octanol–water partition coefficient (Wildman–Crippen LogP) is 0.953. The molecule has 0 saturated carbocycles. The molecule has 2 unspecified atom stereocenters. The van der Waals surface area contributed by atoms with E-state index in [1.54, 1.807) is 0 Å².